The fourth-order valence-electron chi connectivity index (χ4n) is 2.81. The summed E-state index contributed by atoms with van der Waals surface area (Å²) in [6.45, 7) is 0. The van der Waals surface area contributed by atoms with Crippen LogP contribution in [0, 0.1) is 0 Å². The third-order valence-corrected chi connectivity index (χ3v) is 7.02. The highest BCUT2D eigenvalue weighted by molar-refractivity contribution is 7.92. The number of nitrogens with zero attached hydrogens (tertiary/aromatic N) is 2. The monoisotopic (exact) mass is 437 g/mol. The number of imide groups is 1. The summed E-state index contributed by atoms with van der Waals surface area (Å²) in [5.41, 5.74) is 0.800. The Morgan fingerprint density at radius 3 is 2.07 bits per heavy atom. The smallest absolute Gasteiger partial charge is 0.261 e. The molecule has 0 aromatic heterocycles. The summed E-state index contributed by atoms with van der Waals surface area (Å²) in [5.74, 6) is -0.647. The van der Waals surface area contributed by atoms with Gasteiger partial charge in [-0.3, -0.25) is 23.5 Å². The van der Waals surface area contributed by atoms with Crippen molar-refractivity contribution in [3.8, 4) is 0 Å². The highest BCUT2D eigenvalue weighted by Gasteiger charge is 2.30. The summed E-state index contributed by atoms with van der Waals surface area (Å²) < 4.78 is 52.1. The molecule has 0 saturated carbocycles. The van der Waals surface area contributed by atoms with E-state index in [1.165, 1.54) is 55.6 Å². The number of carbonyl (C=O) groups is 2. The van der Waals surface area contributed by atoms with E-state index < -0.39 is 20.0 Å². The van der Waals surface area contributed by atoms with E-state index in [1.807, 2.05) is 0 Å². The van der Waals surface area contributed by atoms with Gasteiger partial charge in [0.25, 0.3) is 10.0 Å². The summed E-state index contributed by atoms with van der Waals surface area (Å²) in [5, 5.41) is 0. The van der Waals surface area contributed by atoms with Gasteiger partial charge >= 0.3 is 0 Å². The molecule has 0 aliphatic carbocycles. The number of amides is 2. The fraction of sp³-hybridized carbons (Fsp3) is 0.222. The van der Waals surface area contributed by atoms with Crippen LogP contribution in [0.4, 0.5) is 17.1 Å². The third-order valence-electron chi connectivity index (χ3n) is 4.42. The molecule has 11 heteroatoms. The van der Waals surface area contributed by atoms with Crippen LogP contribution in [0.15, 0.2) is 53.4 Å². The maximum absolute atomic E-state index is 12.7. The maximum atomic E-state index is 12.7. The molecule has 1 heterocycles. The molecule has 1 fully saturated rings. The number of hydrogen-bond acceptors (Lipinski definition) is 6. The zero-order chi connectivity index (χ0) is 21.4. The lowest BCUT2D eigenvalue weighted by molar-refractivity contribution is -0.121. The molecule has 2 aromatic carbocycles. The summed E-state index contributed by atoms with van der Waals surface area (Å²) in [4.78, 5) is 24.6. The molecule has 0 radical (unpaired) electrons. The minimum Gasteiger partial charge on any atom is -0.280 e. The Balaban J connectivity index is 1.83. The van der Waals surface area contributed by atoms with E-state index in [0.717, 1.165) is 15.5 Å². The molecule has 2 amide bonds. The number of sulfonamides is 2. The number of nitrogens with one attached hydrogen (secondary N) is 1. The summed E-state index contributed by atoms with van der Waals surface area (Å²) in [7, 11) is -6.10. The third kappa shape index (κ3) is 4.40. The van der Waals surface area contributed by atoms with Crippen molar-refractivity contribution in [3.05, 3.63) is 48.5 Å². The molecule has 1 aliphatic rings. The fourth-order valence-corrected chi connectivity index (χ4v) is 4.36. The summed E-state index contributed by atoms with van der Waals surface area (Å²) in [6, 6.07) is 11.3. The number of carbonyl (C=O) groups excluding carboxylic acids is 2. The Morgan fingerprint density at radius 2 is 1.52 bits per heavy atom. The largest absolute Gasteiger partial charge is 0.280 e. The van der Waals surface area contributed by atoms with Crippen molar-refractivity contribution in [2.75, 3.05) is 27.2 Å². The number of anilines is 3. The predicted octanol–water partition coefficient (Wildman–Crippen LogP) is 1.54. The Bertz CT molecular complexity index is 1160. The number of rotatable bonds is 6. The lowest BCUT2D eigenvalue weighted by Crippen LogP contribution is -2.28. The van der Waals surface area contributed by atoms with Crippen LogP contribution >= 0.6 is 0 Å². The highest BCUT2D eigenvalue weighted by atomic mass is 32.2. The molecule has 0 atom stereocenters. The van der Waals surface area contributed by atoms with Gasteiger partial charge in [0.2, 0.25) is 21.8 Å². The van der Waals surface area contributed by atoms with Crippen LogP contribution in [-0.2, 0) is 29.6 Å². The molecule has 1 saturated heterocycles. The van der Waals surface area contributed by atoms with Gasteiger partial charge in [0, 0.05) is 19.9 Å². The van der Waals surface area contributed by atoms with E-state index >= 15 is 0 Å². The van der Waals surface area contributed by atoms with Crippen molar-refractivity contribution in [2.45, 2.75) is 17.7 Å². The van der Waals surface area contributed by atoms with Gasteiger partial charge in [-0.15, -0.1) is 0 Å². The molecule has 0 spiro atoms. The molecule has 3 rings (SSSR count). The Kier molecular flexibility index (Phi) is 5.37. The highest BCUT2D eigenvalue weighted by Crippen LogP contribution is 2.26. The lowest BCUT2D eigenvalue weighted by Gasteiger charge is -2.18. The van der Waals surface area contributed by atoms with Crippen LogP contribution in [0.2, 0.25) is 0 Å². The topological polar surface area (TPSA) is 121 Å². The zero-order valence-electron chi connectivity index (χ0n) is 15.7. The van der Waals surface area contributed by atoms with Gasteiger partial charge < -0.3 is 0 Å². The average molecular weight is 437 g/mol. The van der Waals surface area contributed by atoms with Crippen LogP contribution < -0.4 is 13.9 Å². The maximum Gasteiger partial charge on any atom is 0.261 e. The Hall–Kier alpha value is -2.92. The second-order valence-electron chi connectivity index (χ2n) is 6.50. The van der Waals surface area contributed by atoms with Gasteiger partial charge in [0.15, 0.2) is 0 Å². The molecular weight excluding hydrogens is 418 g/mol. The van der Waals surface area contributed by atoms with Crippen LogP contribution in [-0.4, -0.2) is 42.0 Å². The second kappa shape index (κ2) is 7.48. The van der Waals surface area contributed by atoms with Crippen LogP contribution in [0.5, 0.6) is 0 Å². The molecule has 1 N–H and O–H groups in total. The average Bonchev–Trinajstić information content (AvgIpc) is 2.98. The molecule has 29 heavy (non-hydrogen) atoms. The van der Waals surface area contributed by atoms with E-state index in [1.54, 1.807) is 0 Å². The van der Waals surface area contributed by atoms with Crippen molar-refractivity contribution in [2.24, 2.45) is 0 Å². The van der Waals surface area contributed by atoms with E-state index in [0.29, 0.717) is 11.4 Å². The normalized spacial score (nSPS) is 14.9. The van der Waals surface area contributed by atoms with Gasteiger partial charge in [-0.1, -0.05) is 6.07 Å². The van der Waals surface area contributed by atoms with Gasteiger partial charge in [0.1, 0.15) is 0 Å². The van der Waals surface area contributed by atoms with E-state index in [9.17, 15) is 26.4 Å². The van der Waals surface area contributed by atoms with Crippen molar-refractivity contribution in [1.29, 1.82) is 0 Å². The first-order valence-corrected chi connectivity index (χ1v) is 11.8. The molecular formula is C18H19N3O6S2. The molecule has 0 unspecified atom stereocenters. The Morgan fingerprint density at radius 1 is 0.931 bits per heavy atom. The van der Waals surface area contributed by atoms with E-state index in [-0.39, 0.29) is 35.2 Å². The molecule has 2 aromatic rings. The molecule has 9 nitrogen and oxygen atoms in total. The standard InChI is InChI=1S/C18H19N3O6S2/c1-20(28(2,24)25)15-5-3-4-13(12-15)19-29(26,27)16-8-6-14(7-9-16)21-17(22)10-11-18(21)23/h3-9,12,19H,10-11H2,1-2H3. The van der Waals surface area contributed by atoms with Gasteiger partial charge in [0.05, 0.1) is 28.2 Å². The molecule has 154 valence electrons. The minimum absolute atomic E-state index is 0.0674. The SMILES string of the molecule is CN(c1cccc(NS(=O)(=O)c2ccc(N3C(=O)CCC3=O)cc2)c1)S(C)(=O)=O. The van der Waals surface area contributed by atoms with Crippen molar-refractivity contribution in [1.82, 2.24) is 0 Å². The van der Waals surface area contributed by atoms with Gasteiger partial charge in [-0.2, -0.15) is 0 Å². The van der Waals surface area contributed by atoms with Crippen LogP contribution in [0.3, 0.4) is 0 Å². The quantitative estimate of drug-likeness (QED) is 0.684. The number of hydrogen-bond donors (Lipinski definition) is 1. The first kappa shape index (κ1) is 20.8. The van der Waals surface area contributed by atoms with E-state index in [4.69, 9.17) is 0 Å². The summed E-state index contributed by atoms with van der Waals surface area (Å²) in [6.07, 6.45) is 1.32. The van der Waals surface area contributed by atoms with Crippen molar-refractivity contribution < 1.29 is 26.4 Å². The minimum atomic E-state index is -3.96. The Labute approximate surface area is 169 Å². The van der Waals surface area contributed by atoms with Gasteiger partial charge in [-0.25, -0.2) is 16.8 Å². The zero-order valence-corrected chi connectivity index (χ0v) is 17.3. The second-order valence-corrected chi connectivity index (χ2v) is 10.2. The number of benzene rings is 2. The summed E-state index contributed by atoms with van der Waals surface area (Å²) >= 11 is 0. The first-order chi connectivity index (χ1) is 13.5. The van der Waals surface area contributed by atoms with Crippen LogP contribution in [0.25, 0.3) is 0 Å². The molecule has 1 aliphatic heterocycles. The van der Waals surface area contributed by atoms with Gasteiger partial charge in [-0.05, 0) is 42.5 Å². The van der Waals surface area contributed by atoms with Crippen molar-refractivity contribution >= 4 is 48.9 Å². The van der Waals surface area contributed by atoms with Crippen LogP contribution in [0.1, 0.15) is 12.8 Å². The lowest BCUT2D eigenvalue weighted by atomic mass is 10.3. The van der Waals surface area contributed by atoms with Crippen molar-refractivity contribution in [3.63, 3.8) is 0 Å². The molecule has 0 bridgehead atoms. The predicted molar refractivity (Wildman–Crippen MR) is 109 cm³/mol. The van der Waals surface area contributed by atoms with E-state index in [2.05, 4.69) is 4.72 Å². The first-order valence-electron chi connectivity index (χ1n) is 8.52.